The number of hydrogen-bond acceptors (Lipinski definition) is 11. The number of hydrazone groups is 1. The van der Waals surface area contributed by atoms with Crippen LogP contribution in [0.1, 0.15) is 142 Å². The number of carbonyl (C=O) groups excluding carboxylic acids is 1. The molecule has 4 N–H and O–H groups in total. The van der Waals surface area contributed by atoms with E-state index in [1.165, 1.54) is 55.5 Å². The summed E-state index contributed by atoms with van der Waals surface area (Å²) >= 11 is 8.37. The molecule has 2 aromatic carbocycles. The van der Waals surface area contributed by atoms with Crippen LogP contribution in [0.3, 0.4) is 0 Å². The summed E-state index contributed by atoms with van der Waals surface area (Å²) in [7, 11) is 0. The Kier molecular flexibility index (Phi) is 13.5. The number of carbonyl (C=O) groups is 1. The summed E-state index contributed by atoms with van der Waals surface area (Å²) in [4.78, 5) is 25.0. The van der Waals surface area contributed by atoms with E-state index in [1.54, 1.807) is 12.1 Å². The molecule has 350 valence electrons. The number of fused-ring (bicyclic) bond motifs is 3. The molecule has 10 rings (SSSR count). The molecule has 1 spiro atoms. The number of hydrogen-bond donors (Lipinski definition) is 4. The number of amides is 1. The Morgan fingerprint density at radius 1 is 0.923 bits per heavy atom. The van der Waals surface area contributed by atoms with Gasteiger partial charge in [0.2, 0.25) is 0 Å². The van der Waals surface area contributed by atoms with Crippen molar-refractivity contribution in [3.05, 3.63) is 58.6 Å². The molecule has 3 aliphatic carbocycles. The normalized spacial score (nSPS) is 37.7. The summed E-state index contributed by atoms with van der Waals surface area (Å²) < 4.78 is 15.4. The molecule has 11 atom stereocenters. The lowest BCUT2D eigenvalue weighted by atomic mass is 9.84. The summed E-state index contributed by atoms with van der Waals surface area (Å²) in [5.74, 6) is 2.73. The van der Waals surface area contributed by atoms with Crippen LogP contribution in [0.4, 0.5) is 0 Å². The second-order valence-electron chi connectivity index (χ2n) is 20.9. The topological polar surface area (TPSA) is 129 Å². The lowest BCUT2D eigenvalue weighted by Gasteiger charge is -2.36. The van der Waals surface area contributed by atoms with Crippen LogP contribution in [-0.4, -0.2) is 104 Å². The van der Waals surface area contributed by atoms with Gasteiger partial charge in [-0.05, 0) is 138 Å². The first-order chi connectivity index (χ1) is 31.5. The Hall–Kier alpha value is -3.38. The molecule has 0 aromatic heterocycles. The van der Waals surface area contributed by atoms with Crippen molar-refractivity contribution < 1.29 is 19.0 Å². The zero-order valence-electron chi connectivity index (χ0n) is 38.9. The number of hydrazine groups is 2. The van der Waals surface area contributed by atoms with Crippen molar-refractivity contribution in [1.82, 2.24) is 31.4 Å². The Bertz CT molecular complexity index is 2150. The second kappa shape index (κ2) is 19.3. The van der Waals surface area contributed by atoms with Gasteiger partial charge in [-0.1, -0.05) is 38.3 Å². The van der Waals surface area contributed by atoms with Gasteiger partial charge in [0, 0.05) is 61.3 Å². The summed E-state index contributed by atoms with van der Waals surface area (Å²) in [5.41, 5.74) is 15.7. The molecule has 8 aliphatic rings. The van der Waals surface area contributed by atoms with Gasteiger partial charge >= 0.3 is 0 Å². The van der Waals surface area contributed by atoms with E-state index in [2.05, 4.69) is 106 Å². The van der Waals surface area contributed by atoms with Gasteiger partial charge in [0.05, 0.1) is 46.5 Å². The maximum Gasteiger partial charge on any atom is 0.291 e. The molecule has 3 saturated carbocycles. The molecular formula is C51H71ClN9O3S+. The number of thioether (sulfide) groups is 1. The minimum Gasteiger partial charge on any atom is -0.490 e. The van der Waals surface area contributed by atoms with Gasteiger partial charge in [-0.25, -0.2) is 10.9 Å². The van der Waals surface area contributed by atoms with Crippen LogP contribution in [0.15, 0.2) is 47.5 Å². The first-order valence-electron chi connectivity index (χ1n) is 25.1. The van der Waals surface area contributed by atoms with Gasteiger partial charge < -0.3 is 14.8 Å². The predicted molar refractivity (Wildman–Crippen MR) is 258 cm³/mol. The van der Waals surface area contributed by atoms with E-state index in [1.807, 2.05) is 6.07 Å². The lowest BCUT2D eigenvalue weighted by molar-refractivity contribution is -0.631. The standard InChI is InChI=1S/C51H70ClN9O3S/c1-31-33(3)65-50-46(31)47(54-32(2)48-57-56-34(4)60(48)50)35-11-16-39(17-12-35)64-42-23-24-51(28-42)25-26-59(30-51)45-22-21-44(61(58-45)38-9-7-5-6-8-10-38)49(62)55-37-14-19-40(20-15-37)63-41-18-13-36(29-53)43(52)27-41/h11-13,16-18,27,31-34,37,40,42,44-46,48,50,56-58H,5-10,14-15,19-26,28,30H2,1-4H3/p+1/t31?,32-,33?,34?,37?,40?,42?,44?,45?,46?,48?,50?,51?/m0/s1. The van der Waals surface area contributed by atoms with Crippen molar-refractivity contribution in [2.24, 2.45) is 22.2 Å². The van der Waals surface area contributed by atoms with E-state index in [9.17, 15) is 10.1 Å². The predicted octanol–water partition coefficient (Wildman–Crippen LogP) is 8.13. The fourth-order valence-electron chi connectivity index (χ4n) is 12.8. The number of nitriles is 1. The SMILES string of the molecule is CC1SC2C(C(c3ccc(OC4CCC5(CCN(C6CCC(C(=O)NC7CCC(Oc8ccc(C#N)c(Cl)c8)CC7)[N+](=C7CCCCCC7)N6)C5)C4)cc3)=N[C@@H](C)C3NNC(C)N23)C1C. The van der Waals surface area contributed by atoms with Gasteiger partial charge in [-0.2, -0.15) is 10.7 Å². The molecule has 2 aromatic rings. The van der Waals surface area contributed by atoms with Crippen LogP contribution < -0.4 is 31.1 Å². The molecule has 5 heterocycles. The second-order valence-corrected chi connectivity index (χ2v) is 22.8. The highest BCUT2D eigenvalue weighted by atomic mass is 35.5. The highest BCUT2D eigenvalue weighted by Crippen LogP contribution is 2.50. The maximum atomic E-state index is 14.2. The zero-order valence-corrected chi connectivity index (χ0v) is 40.5. The van der Waals surface area contributed by atoms with E-state index >= 15 is 0 Å². The van der Waals surface area contributed by atoms with Gasteiger partial charge in [0.25, 0.3) is 11.9 Å². The lowest BCUT2D eigenvalue weighted by Crippen LogP contribution is -2.61. The average molecular weight is 926 g/mol. The number of ether oxygens (including phenoxy) is 2. The van der Waals surface area contributed by atoms with Crippen molar-refractivity contribution >= 4 is 40.7 Å². The average Bonchev–Trinajstić information content (AvgIpc) is 4.01. The molecule has 7 fully saturated rings. The molecule has 10 unspecified atom stereocenters. The number of likely N-dealkylation sites (tertiary alicyclic amines) is 1. The molecular weight excluding hydrogens is 854 g/mol. The number of nitrogens with zero attached hydrogens (tertiary/aromatic N) is 5. The highest BCUT2D eigenvalue weighted by molar-refractivity contribution is 8.00. The minimum absolute atomic E-state index is 0.0710. The number of rotatable bonds is 8. The Morgan fingerprint density at radius 3 is 2.43 bits per heavy atom. The summed E-state index contributed by atoms with van der Waals surface area (Å²) in [6, 6.07) is 16.4. The van der Waals surface area contributed by atoms with E-state index in [-0.39, 0.29) is 60.2 Å². The van der Waals surface area contributed by atoms with Crippen LogP contribution >= 0.6 is 23.4 Å². The summed E-state index contributed by atoms with van der Waals surface area (Å²) in [6.45, 7) is 11.5. The van der Waals surface area contributed by atoms with Gasteiger partial charge in [-0.3, -0.25) is 19.6 Å². The van der Waals surface area contributed by atoms with Gasteiger partial charge in [-0.15, -0.1) is 16.4 Å². The summed E-state index contributed by atoms with van der Waals surface area (Å²) in [5, 5.41) is 14.1. The Balaban J connectivity index is 0.745. The smallest absolute Gasteiger partial charge is 0.291 e. The third kappa shape index (κ3) is 9.43. The van der Waals surface area contributed by atoms with Crippen molar-refractivity contribution in [3.63, 3.8) is 0 Å². The Morgan fingerprint density at radius 2 is 1.68 bits per heavy atom. The van der Waals surface area contributed by atoms with Gasteiger partial charge in [0.1, 0.15) is 23.7 Å². The van der Waals surface area contributed by atoms with E-state index < -0.39 is 0 Å². The van der Waals surface area contributed by atoms with E-state index in [0.29, 0.717) is 38.8 Å². The quantitative estimate of drug-likeness (QED) is 0.152. The van der Waals surface area contributed by atoms with Crippen LogP contribution in [0.5, 0.6) is 11.5 Å². The molecule has 0 bridgehead atoms. The van der Waals surface area contributed by atoms with E-state index in [4.69, 9.17) is 26.1 Å². The van der Waals surface area contributed by atoms with Crippen LogP contribution in [0, 0.1) is 28.6 Å². The largest absolute Gasteiger partial charge is 0.490 e. The molecule has 12 nitrogen and oxygen atoms in total. The third-order valence-electron chi connectivity index (χ3n) is 16.6. The number of halogens is 1. The fourth-order valence-corrected chi connectivity index (χ4v) is 14.9. The molecule has 4 saturated heterocycles. The van der Waals surface area contributed by atoms with Crippen molar-refractivity contribution in [2.45, 2.75) is 190 Å². The van der Waals surface area contributed by atoms with E-state index in [0.717, 1.165) is 83.0 Å². The molecule has 0 radical (unpaired) electrons. The third-order valence-corrected chi connectivity index (χ3v) is 18.6. The van der Waals surface area contributed by atoms with Crippen molar-refractivity contribution in [2.75, 3.05) is 13.1 Å². The molecule has 5 aliphatic heterocycles. The van der Waals surface area contributed by atoms with Gasteiger partial charge in [0.15, 0.2) is 5.71 Å². The maximum absolute atomic E-state index is 14.2. The number of nitrogens with one attached hydrogen (secondary N) is 4. The first-order valence-corrected chi connectivity index (χ1v) is 26.5. The first kappa shape index (κ1) is 45.4. The number of aliphatic imine (C=N–C) groups is 1. The Labute approximate surface area is 396 Å². The van der Waals surface area contributed by atoms with Crippen molar-refractivity contribution in [3.8, 4) is 17.6 Å². The molecule has 14 heteroatoms. The minimum atomic E-state index is -0.194. The molecule has 1 amide bonds. The highest BCUT2D eigenvalue weighted by Gasteiger charge is 2.53. The molecule has 65 heavy (non-hydrogen) atoms. The summed E-state index contributed by atoms with van der Waals surface area (Å²) in [6.07, 6.45) is 17.9. The van der Waals surface area contributed by atoms with Crippen molar-refractivity contribution in [1.29, 1.82) is 5.26 Å². The van der Waals surface area contributed by atoms with Crippen LogP contribution in [0.2, 0.25) is 5.02 Å². The monoisotopic (exact) mass is 925 g/mol. The van der Waals surface area contributed by atoms with Crippen LogP contribution in [0.25, 0.3) is 0 Å². The number of benzene rings is 2. The zero-order chi connectivity index (χ0) is 44.8. The fraction of sp³-hybridized carbons (Fsp3) is 0.686. The van der Waals surface area contributed by atoms with Crippen LogP contribution in [-0.2, 0) is 4.79 Å².